The van der Waals surface area contributed by atoms with Crippen LogP contribution in [0.1, 0.15) is 6.92 Å². The number of nitrogens with zero attached hydrogens (tertiary/aromatic N) is 2. The van der Waals surface area contributed by atoms with Gasteiger partial charge < -0.3 is 9.47 Å². The molecule has 0 aliphatic carbocycles. The first-order valence-electron chi connectivity index (χ1n) is 3.28. The molecule has 0 saturated carbocycles. The van der Waals surface area contributed by atoms with Crippen molar-refractivity contribution >= 4 is 0 Å². The third kappa shape index (κ3) is 2.51. The average Bonchev–Trinajstić information content (AvgIpc) is 2.06. The van der Waals surface area contributed by atoms with Gasteiger partial charge in [-0.15, -0.1) is 0 Å². The van der Waals surface area contributed by atoms with Gasteiger partial charge in [0.1, 0.15) is 6.33 Å². The van der Waals surface area contributed by atoms with Crippen molar-refractivity contribution < 1.29 is 9.47 Å². The third-order valence-electron chi connectivity index (χ3n) is 1.17. The van der Waals surface area contributed by atoms with Crippen LogP contribution >= 0.6 is 0 Å². The number of hydrogen-bond acceptors (Lipinski definition) is 4. The second-order valence-corrected chi connectivity index (χ2v) is 1.97. The highest BCUT2D eigenvalue weighted by Crippen LogP contribution is 2.04. The van der Waals surface area contributed by atoms with Crippen LogP contribution in [0.25, 0.3) is 0 Å². The Morgan fingerprint density at radius 2 is 2.36 bits per heavy atom. The first-order chi connectivity index (χ1) is 5.33. The van der Waals surface area contributed by atoms with Crippen molar-refractivity contribution in [3.63, 3.8) is 0 Å². The van der Waals surface area contributed by atoms with E-state index in [9.17, 15) is 0 Å². The summed E-state index contributed by atoms with van der Waals surface area (Å²) in [6.07, 6.45) is 2.77. The van der Waals surface area contributed by atoms with Crippen LogP contribution in [0.4, 0.5) is 0 Å². The van der Waals surface area contributed by atoms with Crippen LogP contribution in [0.5, 0.6) is 5.88 Å². The number of hydrogen-bond donors (Lipinski definition) is 0. The molecule has 4 heteroatoms. The van der Waals surface area contributed by atoms with Gasteiger partial charge in [0.05, 0.1) is 0 Å². The number of ether oxygens (including phenoxy) is 2. The Morgan fingerprint density at radius 3 is 2.91 bits per heavy atom. The summed E-state index contributed by atoms with van der Waals surface area (Å²) in [7, 11) is 1.58. The van der Waals surface area contributed by atoms with Crippen molar-refractivity contribution in [1.82, 2.24) is 9.97 Å². The van der Waals surface area contributed by atoms with Gasteiger partial charge in [0.25, 0.3) is 0 Å². The van der Waals surface area contributed by atoms with Gasteiger partial charge in [-0.1, -0.05) is 0 Å². The van der Waals surface area contributed by atoms with Gasteiger partial charge in [0, 0.05) is 19.4 Å². The van der Waals surface area contributed by atoms with Gasteiger partial charge in [-0.2, -0.15) is 0 Å². The first kappa shape index (κ1) is 7.94. The normalized spacial score (nSPS) is 12.5. The van der Waals surface area contributed by atoms with Gasteiger partial charge in [-0.05, 0) is 6.92 Å². The zero-order chi connectivity index (χ0) is 8.10. The fraction of sp³-hybridized carbons (Fsp3) is 0.429. The van der Waals surface area contributed by atoms with Gasteiger partial charge >= 0.3 is 0 Å². The summed E-state index contributed by atoms with van der Waals surface area (Å²) in [4.78, 5) is 7.60. The van der Waals surface area contributed by atoms with Crippen molar-refractivity contribution in [3.05, 3.63) is 18.6 Å². The van der Waals surface area contributed by atoms with Crippen LogP contribution in [0, 0.1) is 0 Å². The molecule has 1 atom stereocenters. The van der Waals surface area contributed by atoms with E-state index in [0.29, 0.717) is 5.88 Å². The molecule has 0 spiro atoms. The molecule has 1 rings (SSSR count). The molecule has 11 heavy (non-hydrogen) atoms. The molecule has 0 fully saturated rings. The summed E-state index contributed by atoms with van der Waals surface area (Å²) in [6, 6.07) is 1.68. The van der Waals surface area contributed by atoms with E-state index in [1.165, 1.54) is 6.33 Å². The zero-order valence-corrected chi connectivity index (χ0v) is 6.52. The minimum Gasteiger partial charge on any atom is -0.448 e. The molecule has 0 saturated heterocycles. The number of methoxy groups -OCH3 is 1. The van der Waals surface area contributed by atoms with E-state index in [-0.39, 0.29) is 6.29 Å². The molecule has 1 aromatic heterocycles. The molecule has 0 radical (unpaired) electrons. The van der Waals surface area contributed by atoms with Crippen LogP contribution in [0.3, 0.4) is 0 Å². The first-order valence-corrected chi connectivity index (χ1v) is 3.28. The monoisotopic (exact) mass is 154 g/mol. The zero-order valence-electron chi connectivity index (χ0n) is 6.52. The highest BCUT2D eigenvalue weighted by Gasteiger charge is 1.99. The molecule has 1 aromatic rings. The summed E-state index contributed by atoms with van der Waals surface area (Å²) in [6.45, 7) is 1.79. The molecule has 0 amide bonds. The Morgan fingerprint density at radius 1 is 1.55 bits per heavy atom. The molecule has 1 heterocycles. The third-order valence-corrected chi connectivity index (χ3v) is 1.17. The molecule has 0 aliphatic heterocycles. The quantitative estimate of drug-likeness (QED) is 0.605. The van der Waals surface area contributed by atoms with Crippen molar-refractivity contribution in [3.8, 4) is 5.88 Å². The lowest BCUT2D eigenvalue weighted by Crippen LogP contribution is -2.14. The summed E-state index contributed by atoms with van der Waals surface area (Å²) < 4.78 is 10.1. The lowest BCUT2D eigenvalue weighted by atomic mass is 10.6. The second-order valence-electron chi connectivity index (χ2n) is 1.97. The summed E-state index contributed by atoms with van der Waals surface area (Å²) in [5, 5.41) is 0. The molecule has 1 unspecified atom stereocenters. The fourth-order valence-corrected chi connectivity index (χ4v) is 0.566. The maximum atomic E-state index is 5.19. The molecule has 0 N–H and O–H groups in total. The van der Waals surface area contributed by atoms with E-state index in [2.05, 4.69) is 9.97 Å². The fourth-order valence-electron chi connectivity index (χ4n) is 0.566. The van der Waals surface area contributed by atoms with E-state index in [1.54, 1.807) is 26.3 Å². The van der Waals surface area contributed by atoms with Crippen LogP contribution in [0.15, 0.2) is 18.6 Å². The highest BCUT2D eigenvalue weighted by atomic mass is 16.7. The van der Waals surface area contributed by atoms with E-state index in [4.69, 9.17) is 9.47 Å². The molecule has 0 aromatic carbocycles. The molecular weight excluding hydrogens is 144 g/mol. The van der Waals surface area contributed by atoms with E-state index in [0.717, 1.165) is 0 Å². The maximum Gasteiger partial charge on any atom is 0.218 e. The Hall–Kier alpha value is -1.16. The standard InChI is InChI=1S/C7H10N2O2/c1-6(10-2)11-7-3-4-8-5-9-7/h3-6H,1-2H3. The van der Waals surface area contributed by atoms with Gasteiger partial charge in [-0.3, -0.25) is 0 Å². The van der Waals surface area contributed by atoms with Crippen molar-refractivity contribution in [1.29, 1.82) is 0 Å². The van der Waals surface area contributed by atoms with Crippen LogP contribution in [-0.4, -0.2) is 23.4 Å². The predicted octanol–water partition coefficient (Wildman–Crippen LogP) is 0.848. The van der Waals surface area contributed by atoms with E-state index < -0.39 is 0 Å². The van der Waals surface area contributed by atoms with Gasteiger partial charge in [-0.25, -0.2) is 9.97 Å². The summed E-state index contributed by atoms with van der Waals surface area (Å²) >= 11 is 0. The number of aromatic nitrogens is 2. The Balaban J connectivity index is 2.51. The molecular formula is C7H10N2O2. The van der Waals surface area contributed by atoms with Crippen LogP contribution in [0.2, 0.25) is 0 Å². The molecule has 4 nitrogen and oxygen atoms in total. The van der Waals surface area contributed by atoms with Crippen LogP contribution < -0.4 is 4.74 Å². The largest absolute Gasteiger partial charge is 0.448 e. The molecule has 0 aliphatic rings. The average molecular weight is 154 g/mol. The van der Waals surface area contributed by atoms with Crippen LogP contribution in [-0.2, 0) is 4.74 Å². The Kier molecular flexibility index (Phi) is 2.80. The topological polar surface area (TPSA) is 44.2 Å². The van der Waals surface area contributed by atoms with Crippen molar-refractivity contribution in [2.24, 2.45) is 0 Å². The predicted molar refractivity (Wildman–Crippen MR) is 39.1 cm³/mol. The second kappa shape index (κ2) is 3.88. The Labute approximate surface area is 65.2 Å². The highest BCUT2D eigenvalue weighted by molar-refractivity contribution is 5.04. The van der Waals surface area contributed by atoms with Crippen molar-refractivity contribution in [2.75, 3.05) is 7.11 Å². The number of rotatable bonds is 3. The van der Waals surface area contributed by atoms with Crippen molar-refractivity contribution in [2.45, 2.75) is 13.2 Å². The lowest BCUT2D eigenvalue weighted by molar-refractivity contribution is -0.0410. The maximum absolute atomic E-state index is 5.19. The minimum absolute atomic E-state index is 0.273. The van der Waals surface area contributed by atoms with E-state index >= 15 is 0 Å². The van der Waals surface area contributed by atoms with E-state index in [1.807, 2.05) is 0 Å². The summed E-state index contributed by atoms with van der Waals surface area (Å²) in [5.74, 6) is 0.523. The lowest BCUT2D eigenvalue weighted by Gasteiger charge is -2.10. The Bertz CT molecular complexity index is 203. The molecule has 60 valence electrons. The molecule has 0 bridgehead atoms. The van der Waals surface area contributed by atoms with Gasteiger partial charge in [0.15, 0.2) is 6.29 Å². The summed E-state index contributed by atoms with van der Waals surface area (Å²) in [5.41, 5.74) is 0. The SMILES string of the molecule is COC(C)Oc1ccncn1. The van der Waals surface area contributed by atoms with Gasteiger partial charge in [0.2, 0.25) is 5.88 Å². The minimum atomic E-state index is -0.273. The smallest absolute Gasteiger partial charge is 0.218 e.